The summed E-state index contributed by atoms with van der Waals surface area (Å²) in [5.41, 5.74) is 1.70. The number of carbonyl (C=O) groups excluding carboxylic acids is 2. The molecule has 1 saturated heterocycles. The highest BCUT2D eigenvalue weighted by molar-refractivity contribution is 7.14. The van der Waals surface area contributed by atoms with Crippen LogP contribution in [0.3, 0.4) is 0 Å². The predicted molar refractivity (Wildman–Crippen MR) is 105 cm³/mol. The second kappa shape index (κ2) is 8.75. The second-order valence-electron chi connectivity index (χ2n) is 6.33. The fraction of sp³-hybridized carbons (Fsp3) is 0.368. The lowest BCUT2D eigenvalue weighted by Crippen LogP contribution is -2.46. The largest absolute Gasteiger partial charge is 0.354 e. The third-order valence-electron chi connectivity index (χ3n) is 4.44. The van der Waals surface area contributed by atoms with E-state index in [1.165, 1.54) is 11.3 Å². The molecule has 2 aromatic rings. The Morgan fingerprint density at radius 1 is 1.30 bits per heavy atom. The van der Waals surface area contributed by atoms with Crippen molar-refractivity contribution in [3.8, 4) is 6.07 Å². The maximum absolute atomic E-state index is 11.7. The number of ketones is 1. The first-order valence-corrected chi connectivity index (χ1v) is 9.72. The molecule has 7 nitrogen and oxygen atoms in total. The van der Waals surface area contributed by atoms with Gasteiger partial charge in [-0.3, -0.25) is 14.5 Å². The molecule has 0 spiro atoms. The van der Waals surface area contributed by atoms with Crippen LogP contribution in [-0.2, 0) is 16.1 Å². The van der Waals surface area contributed by atoms with Crippen LogP contribution in [0.25, 0.3) is 0 Å². The second-order valence-corrected chi connectivity index (χ2v) is 7.24. The van der Waals surface area contributed by atoms with Crippen LogP contribution in [0, 0.1) is 11.3 Å². The van der Waals surface area contributed by atoms with Gasteiger partial charge < -0.3 is 10.2 Å². The van der Waals surface area contributed by atoms with E-state index >= 15 is 0 Å². The fourth-order valence-corrected chi connectivity index (χ4v) is 3.69. The van der Waals surface area contributed by atoms with Crippen LogP contribution in [0.5, 0.6) is 0 Å². The Bertz CT molecular complexity index is 848. The third-order valence-corrected chi connectivity index (χ3v) is 5.34. The van der Waals surface area contributed by atoms with Crippen molar-refractivity contribution in [3.63, 3.8) is 0 Å². The van der Waals surface area contributed by atoms with Crippen LogP contribution in [-0.4, -0.2) is 47.8 Å². The van der Waals surface area contributed by atoms with Crippen molar-refractivity contribution in [2.45, 2.75) is 19.9 Å². The van der Waals surface area contributed by atoms with Crippen LogP contribution < -0.4 is 10.2 Å². The van der Waals surface area contributed by atoms with E-state index in [2.05, 4.69) is 26.2 Å². The minimum atomic E-state index is -0.547. The van der Waals surface area contributed by atoms with Crippen LogP contribution >= 0.6 is 11.3 Å². The van der Waals surface area contributed by atoms with E-state index < -0.39 is 11.7 Å². The maximum atomic E-state index is 11.7. The number of thiophene rings is 1. The smallest absolute Gasteiger partial charge is 0.292 e. The first-order valence-electron chi connectivity index (χ1n) is 8.84. The Morgan fingerprint density at radius 3 is 2.70 bits per heavy atom. The van der Waals surface area contributed by atoms with Crippen molar-refractivity contribution in [3.05, 3.63) is 40.9 Å². The van der Waals surface area contributed by atoms with Crippen molar-refractivity contribution < 1.29 is 9.59 Å². The molecule has 1 amide bonds. The summed E-state index contributed by atoms with van der Waals surface area (Å²) in [5.74, 6) is -0.0540. The lowest BCUT2D eigenvalue weighted by atomic mass is 10.2. The van der Waals surface area contributed by atoms with Crippen LogP contribution in [0.2, 0.25) is 0 Å². The van der Waals surface area contributed by atoms with Gasteiger partial charge in [0.15, 0.2) is 0 Å². The molecule has 8 heteroatoms. The molecule has 0 aliphatic carbocycles. The van der Waals surface area contributed by atoms with Gasteiger partial charge in [-0.2, -0.15) is 5.26 Å². The highest BCUT2D eigenvalue weighted by Crippen LogP contribution is 2.23. The average molecular weight is 383 g/mol. The number of amides is 1. The molecule has 140 valence electrons. The number of nitrogens with one attached hydrogen (secondary N) is 1. The van der Waals surface area contributed by atoms with E-state index in [9.17, 15) is 9.59 Å². The summed E-state index contributed by atoms with van der Waals surface area (Å²) in [6, 6.07) is 7.69. The Kier molecular flexibility index (Phi) is 6.16. The van der Waals surface area contributed by atoms with Crippen LogP contribution in [0.4, 0.5) is 10.8 Å². The predicted octanol–water partition coefficient (Wildman–Crippen LogP) is 2.25. The van der Waals surface area contributed by atoms with Gasteiger partial charge in [-0.05, 0) is 29.1 Å². The summed E-state index contributed by atoms with van der Waals surface area (Å²) < 4.78 is 0. The molecule has 0 aromatic carbocycles. The number of pyridine rings is 1. The number of Topliss-reactive ketones (excluding diaryl/α,β-unsaturated/α-hetero) is 1. The van der Waals surface area contributed by atoms with E-state index in [-0.39, 0.29) is 6.42 Å². The van der Waals surface area contributed by atoms with Gasteiger partial charge >= 0.3 is 0 Å². The quantitative estimate of drug-likeness (QED) is 0.770. The zero-order valence-corrected chi connectivity index (χ0v) is 16.0. The number of carbonyl (C=O) groups is 2. The van der Waals surface area contributed by atoms with Crippen molar-refractivity contribution in [1.29, 1.82) is 5.26 Å². The van der Waals surface area contributed by atoms with Crippen molar-refractivity contribution in [1.82, 2.24) is 9.88 Å². The maximum Gasteiger partial charge on any atom is 0.292 e. The topological polar surface area (TPSA) is 89.3 Å². The molecular weight excluding hydrogens is 362 g/mol. The zero-order chi connectivity index (χ0) is 19.2. The van der Waals surface area contributed by atoms with Gasteiger partial charge in [0.05, 0.1) is 10.6 Å². The molecule has 0 saturated carbocycles. The average Bonchev–Trinajstić information content (AvgIpc) is 3.14. The summed E-state index contributed by atoms with van der Waals surface area (Å²) in [7, 11) is 0. The van der Waals surface area contributed by atoms with E-state index in [0.29, 0.717) is 10.6 Å². The number of nitrogens with zero attached hydrogens (tertiary/aromatic N) is 4. The first kappa shape index (κ1) is 19.0. The number of piperazine rings is 1. The molecular formula is C19H21N5O2S. The van der Waals surface area contributed by atoms with Crippen molar-refractivity contribution in [2.75, 3.05) is 36.4 Å². The number of aromatic nitrogens is 1. The molecule has 3 rings (SSSR count). The van der Waals surface area contributed by atoms with Crippen LogP contribution in [0.15, 0.2) is 29.8 Å². The SMILES string of the molecule is CCC(=O)C(=O)Nc1cc(CN2CCN(c3ccc(C#N)cn3)CC2)cs1. The number of nitriles is 1. The van der Waals surface area contributed by atoms with E-state index in [0.717, 1.165) is 44.1 Å². The Balaban J connectivity index is 1.50. The lowest BCUT2D eigenvalue weighted by molar-refractivity contribution is -0.134. The number of rotatable bonds is 6. The molecule has 0 unspecified atom stereocenters. The van der Waals surface area contributed by atoms with Gasteiger partial charge in [-0.1, -0.05) is 6.92 Å². The summed E-state index contributed by atoms with van der Waals surface area (Å²) in [5, 5.41) is 14.2. The van der Waals surface area contributed by atoms with Gasteiger partial charge in [0.25, 0.3) is 5.91 Å². The summed E-state index contributed by atoms with van der Waals surface area (Å²) in [6.07, 6.45) is 1.81. The molecule has 1 aliphatic heterocycles. The van der Waals surface area contributed by atoms with E-state index in [1.54, 1.807) is 19.2 Å². The fourth-order valence-electron chi connectivity index (χ4n) is 2.90. The van der Waals surface area contributed by atoms with Gasteiger partial charge in [0.2, 0.25) is 5.78 Å². The monoisotopic (exact) mass is 383 g/mol. The summed E-state index contributed by atoms with van der Waals surface area (Å²) in [6.45, 7) is 6.05. The molecule has 1 aliphatic rings. The highest BCUT2D eigenvalue weighted by atomic mass is 32.1. The minimum Gasteiger partial charge on any atom is -0.354 e. The van der Waals surface area contributed by atoms with Gasteiger partial charge in [-0.25, -0.2) is 4.98 Å². The van der Waals surface area contributed by atoms with Gasteiger partial charge in [0.1, 0.15) is 11.9 Å². The molecule has 2 aromatic heterocycles. The lowest BCUT2D eigenvalue weighted by Gasteiger charge is -2.35. The molecule has 1 N–H and O–H groups in total. The minimum absolute atomic E-state index is 0.211. The van der Waals surface area contributed by atoms with Crippen LogP contribution in [0.1, 0.15) is 24.5 Å². The van der Waals surface area contributed by atoms with Crippen molar-refractivity contribution in [2.24, 2.45) is 0 Å². The standard InChI is InChI=1S/C19H21N5O2S/c1-2-16(25)19(26)22-18-9-15(13-27-18)12-23-5-7-24(8-6-23)17-4-3-14(10-20)11-21-17/h3-4,9,11,13H,2,5-8,12H2,1H3,(H,22,26). The zero-order valence-electron chi connectivity index (χ0n) is 15.1. The van der Waals surface area contributed by atoms with Crippen molar-refractivity contribution >= 4 is 33.8 Å². The van der Waals surface area contributed by atoms with E-state index in [1.807, 2.05) is 17.5 Å². The first-order chi connectivity index (χ1) is 13.1. The van der Waals surface area contributed by atoms with Gasteiger partial charge in [-0.15, -0.1) is 11.3 Å². The van der Waals surface area contributed by atoms with Gasteiger partial charge in [0, 0.05) is 45.3 Å². The molecule has 1 fully saturated rings. The summed E-state index contributed by atoms with van der Waals surface area (Å²) in [4.78, 5) is 32.0. The Morgan fingerprint density at radius 2 is 2.07 bits per heavy atom. The molecule has 0 radical (unpaired) electrons. The number of anilines is 2. The highest BCUT2D eigenvalue weighted by Gasteiger charge is 2.19. The number of hydrogen-bond donors (Lipinski definition) is 1. The molecule has 0 atom stereocenters. The Labute approximate surface area is 162 Å². The molecule has 27 heavy (non-hydrogen) atoms. The molecule has 0 bridgehead atoms. The number of hydrogen-bond acceptors (Lipinski definition) is 7. The molecule has 3 heterocycles. The Hall–Kier alpha value is -2.76. The normalized spacial score (nSPS) is 14.6. The summed E-state index contributed by atoms with van der Waals surface area (Å²) >= 11 is 1.44. The van der Waals surface area contributed by atoms with E-state index in [4.69, 9.17) is 5.26 Å². The third kappa shape index (κ3) is 4.90.